The van der Waals surface area contributed by atoms with Gasteiger partial charge in [-0.25, -0.2) is 4.79 Å². The van der Waals surface area contributed by atoms with E-state index in [-0.39, 0.29) is 5.78 Å². The van der Waals surface area contributed by atoms with Crippen LogP contribution in [0, 0.1) is 5.92 Å². The van der Waals surface area contributed by atoms with Crippen LogP contribution in [0.4, 0.5) is 0 Å². The number of Topliss-reactive ketones (excluding diaryl/α,β-unsaturated/α-hetero) is 1. The van der Waals surface area contributed by atoms with Gasteiger partial charge in [-0.15, -0.1) is 0 Å². The summed E-state index contributed by atoms with van der Waals surface area (Å²) in [5.74, 6) is -0.298. The van der Waals surface area contributed by atoms with Crippen LogP contribution in [0.3, 0.4) is 0 Å². The van der Waals surface area contributed by atoms with Crippen molar-refractivity contribution in [3.63, 3.8) is 0 Å². The van der Waals surface area contributed by atoms with Crippen molar-refractivity contribution in [1.82, 2.24) is 0 Å². The minimum atomic E-state index is -1.00. The van der Waals surface area contributed by atoms with E-state index in [1.54, 1.807) is 0 Å². The van der Waals surface area contributed by atoms with E-state index in [4.69, 9.17) is 4.74 Å². The van der Waals surface area contributed by atoms with Crippen LogP contribution in [0.5, 0.6) is 0 Å². The first kappa shape index (κ1) is 15.0. The molecule has 0 saturated heterocycles. The summed E-state index contributed by atoms with van der Waals surface area (Å²) >= 11 is 0. The summed E-state index contributed by atoms with van der Waals surface area (Å²) in [5, 5.41) is 10.3. The zero-order chi connectivity index (χ0) is 14.7. The van der Waals surface area contributed by atoms with Gasteiger partial charge in [0.05, 0.1) is 11.7 Å². The molecular formula is C16H22O4. The molecule has 0 bridgehead atoms. The van der Waals surface area contributed by atoms with Crippen molar-refractivity contribution >= 4 is 11.8 Å². The van der Waals surface area contributed by atoms with Gasteiger partial charge in [-0.1, -0.05) is 20.3 Å². The number of aliphatic hydroxyl groups excluding tert-OH is 1. The number of hydrogen-bond acceptors (Lipinski definition) is 4. The minimum Gasteiger partial charge on any atom is -0.423 e. The number of allylic oxidation sites excluding steroid dienone is 2. The van der Waals surface area contributed by atoms with Crippen molar-refractivity contribution in [3.8, 4) is 0 Å². The first-order chi connectivity index (χ1) is 9.60. The van der Waals surface area contributed by atoms with Gasteiger partial charge in [0.25, 0.3) is 0 Å². The monoisotopic (exact) mass is 278 g/mol. The fourth-order valence-electron chi connectivity index (χ4n) is 2.90. The maximum Gasteiger partial charge on any atom is 0.342 e. The van der Waals surface area contributed by atoms with E-state index in [0.717, 1.165) is 24.8 Å². The van der Waals surface area contributed by atoms with E-state index in [1.165, 1.54) is 0 Å². The van der Waals surface area contributed by atoms with Crippen molar-refractivity contribution in [2.45, 2.75) is 58.5 Å². The fraction of sp³-hybridized carbons (Fsp3) is 0.625. The van der Waals surface area contributed by atoms with Gasteiger partial charge in [-0.2, -0.15) is 0 Å². The third-order valence-electron chi connectivity index (χ3n) is 3.96. The molecule has 0 fully saturated rings. The van der Waals surface area contributed by atoms with Crippen LogP contribution in [-0.4, -0.2) is 23.0 Å². The molecule has 0 saturated carbocycles. The predicted molar refractivity (Wildman–Crippen MR) is 74.8 cm³/mol. The number of unbranched alkanes of at least 4 members (excludes halogenated alkanes) is 1. The lowest BCUT2D eigenvalue weighted by atomic mass is 9.78. The topological polar surface area (TPSA) is 63.6 Å². The zero-order valence-electron chi connectivity index (χ0n) is 12.1. The number of aliphatic hydroxyl groups is 1. The van der Waals surface area contributed by atoms with Gasteiger partial charge in [0.1, 0.15) is 11.5 Å². The van der Waals surface area contributed by atoms with E-state index in [1.807, 2.05) is 13.0 Å². The third-order valence-corrected chi connectivity index (χ3v) is 3.96. The highest BCUT2D eigenvalue weighted by atomic mass is 16.5. The molecule has 0 radical (unpaired) electrons. The molecule has 2 rings (SSSR count). The van der Waals surface area contributed by atoms with Gasteiger partial charge >= 0.3 is 5.97 Å². The van der Waals surface area contributed by atoms with Crippen LogP contribution in [0.2, 0.25) is 0 Å². The molecule has 4 heteroatoms. The molecule has 0 aromatic heterocycles. The summed E-state index contributed by atoms with van der Waals surface area (Å²) in [6.45, 7) is 3.99. The second-order valence-electron chi connectivity index (χ2n) is 5.45. The second-order valence-corrected chi connectivity index (χ2v) is 5.45. The summed E-state index contributed by atoms with van der Waals surface area (Å²) in [6, 6.07) is 0. The van der Waals surface area contributed by atoms with E-state index in [0.29, 0.717) is 30.6 Å². The SMILES string of the molecule is CCCC=C1OC(=O)C2=C1CCC(C(=O)CCC)C2O. The highest BCUT2D eigenvalue weighted by molar-refractivity contribution is 5.97. The van der Waals surface area contributed by atoms with Crippen LogP contribution in [0.1, 0.15) is 52.4 Å². The molecule has 20 heavy (non-hydrogen) atoms. The van der Waals surface area contributed by atoms with Crippen LogP contribution in [-0.2, 0) is 14.3 Å². The number of ketones is 1. The van der Waals surface area contributed by atoms with E-state index >= 15 is 0 Å². The van der Waals surface area contributed by atoms with Gasteiger partial charge in [-0.05, 0) is 31.8 Å². The molecule has 1 aliphatic carbocycles. The zero-order valence-corrected chi connectivity index (χ0v) is 12.1. The average Bonchev–Trinajstić information content (AvgIpc) is 2.74. The Morgan fingerprint density at radius 3 is 2.80 bits per heavy atom. The lowest BCUT2D eigenvalue weighted by Gasteiger charge is -2.26. The van der Waals surface area contributed by atoms with Gasteiger partial charge < -0.3 is 9.84 Å². The summed E-state index contributed by atoms with van der Waals surface area (Å²) in [5.41, 5.74) is 1.12. The van der Waals surface area contributed by atoms with Gasteiger partial charge in [0, 0.05) is 17.9 Å². The van der Waals surface area contributed by atoms with Crippen molar-refractivity contribution in [1.29, 1.82) is 0 Å². The lowest BCUT2D eigenvalue weighted by molar-refractivity contribution is -0.135. The molecule has 0 amide bonds. The predicted octanol–water partition coefficient (Wildman–Crippen LogP) is 2.66. The molecule has 110 valence electrons. The smallest absolute Gasteiger partial charge is 0.342 e. The number of carbonyl (C=O) groups is 2. The van der Waals surface area contributed by atoms with Crippen LogP contribution in [0.25, 0.3) is 0 Å². The Hall–Kier alpha value is -1.42. The summed E-state index contributed by atoms with van der Waals surface area (Å²) in [6.07, 6.45) is 5.17. The second kappa shape index (κ2) is 6.35. The molecule has 2 unspecified atom stereocenters. The van der Waals surface area contributed by atoms with E-state index in [2.05, 4.69) is 6.92 Å². The molecule has 0 aromatic rings. The molecule has 0 spiro atoms. The van der Waals surface area contributed by atoms with Gasteiger partial charge in [-0.3, -0.25) is 4.79 Å². The largest absolute Gasteiger partial charge is 0.423 e. The van der Waals surface area contributed by atoms with Gasteiger partial charge in [0.2, 0.25) is 0 Å². The van der Waals surface area contributed by atoms with Crippen LogP contribution < -0.4 is 0 Å². The minimum absolute atomic E-state index is 0.0466. The first-order valence-corrected chi connectivity index (χ1v) is 7.46. The standard InChI is InChI=1S/C16H22O4/c1-3-5-7-13-11-9-8-10(12(17)6-4-2)15(18)14(11)16(19)20-13/h7,10,15,18H,3-6,8-9H2,1-2H3. The van der Waals surface area contributed by atoms with E-state index in [9.17, 15) is 14.7 Å². The fourth-order valence-corrected chi connectivity index (χ4v) is 2.90. The van der Waals surface area contributed by atoms with Crippen LogP contribution in [0.15, 0.2) is 23.0 Å². The van der Waals surface area contributed by atoms with Crippen molar-refractivity contribution in [3.05, 3.63) is 23.0 Å². The highest BCUT2D eigenvalue weighted by Crippen LogP contribution is 2.40. The normalized spacial score (nSPS) is 27.8. The number of esters is 1. The molecular weight excluding hydrogens is 256 g/mol. The summed E-state index contributed by atoms with van der Waals surface area (Å²) < 4.78 is 5.25. The third kappa shape index (κ3) is 2.70. The summed E-state index contributed by atoms with van der Waals surface area (Å²) in [7, 11) is 0. The number of cyclic esters (lactones) is 1. The van der Waals surface area contributed by atoms with Gasteiger partial charge in [0.15, 0.2) is 0 Å². The quantitative estimate of drug-likeness (QED) is 0.785. The molecule has 1 aliphatic heterocycles. The highest BCUT2D eigenvalue weighted by Gasteiger charge is 2.43. The lowest BCUT2D eigenvalue weighted by Crippen LogP contribution is -2.34. The average molecular weight is 278 g/mol. The molecule has 2 aliphatic rings. The summed E-state index contributed by atoms with van der Waals surface area (Å²) in [4.78, 5) is 23.9. The number of hydrogen-bond donors (Lipinski definition) is 1. The molecule has 1 heterocycles. The first-order valence-electron chi connectivity index (χ1n) is 7.46. The molecule has 2 atom stereocenters. The molecule has 0 aromatic carbocycles. The Morgan fingerprint density at radius 2 is 2.15 bits per heavy atom. The Bertz CT molecular complexity index is 473. The van der Waals surface area contributed by atoms with Crippen molar-refractivity contribution < 1.29 is 19.4 Å². The Morgan fingerprint density at radius 1 is 1.40 bits per heavy atom. The number of carbonyl (C=O) groups excluding carboxylic acids is 2. The van der Waals surface area contributed by atoms with E-state index < -0.39 is 18.0 Å². The Balaban J connectivity index is 2.24. The van der Waals surface area contributed by atoms with Crippen molar-refractivity contribution in [2.24, 2.45) is 5.92 Å². The van der Waals surface area contributed by atoms with Crippen molar-refractivity contribution in [2.75, 3.05) is 0 Å². The molecule has 4 nitrogen and oxygen atoms in total. The number of ether oxygens (including phenoxy) is 1. The molecule has 1 N–H and O–H groups in total. The van der Waals surface area contributed by atoms with Crippen LogP contribution >= 0.6 is 0 Å². The Kier molecular flexibility index (Phi) is 4.76. The number of rotatable bonds is 5. The maximum atomic E-state index is 12.0. The maximum absolute atomic E-state index is 12.0. The Labute approximate surface area is 119 Å².